The summed E-state index contributed by atoms with van der Waals surface area (Å²) in [4.78, 5) is 24.4. The minimum atomic E-state index is -0.481. The van der Waals surface area contributed by atoms with Gasteiger partial charge in [0.2, 0.25) is 5.78 Å². The van der Waals surface area contributed by atoms with Crippen LogP contribution < -0.4 is 4.57 Å². The van der Waals surface area contributed by atoms with Crippen molar-refractivity contribution in [2.45, 2.75) is 34.1 Å². The summed E-state index contributed by atoms with van der Waals surface area (Å²) in [6, 6.07) is 3.89. The summed E-state index contributed by atoms with van der Waals surface area (Å²) >= 11 is 3.25. The third kappa shape index (κ3) is 6.39. The molecule has 0 unspecified atom stereocenters. The van der Waals surface area contributed by atoms with Crippen molar-refractivity contribution < 1.29 is 18.9 Å². The maximum Gasteiger partial charge on any atom is 0.313 e. The van der Waals surface area contributed by atoms with E-state index in [0.717, 1.165) is 21.3 Å². The molecule has 0 aliphatic heterocycles. The second-order valence-electron chi connectivity index (χ2n) is 4.69. The van der Waals surface area contributed by atoms with E-state index in [0.29, 0.717) is 5.70 Å². The molecule has 0 atom stereocenters. The van der Waals surface area contributed by atoms with E-state index in [1.165, 1.54) is 0 Å². The van der Waals surface area contributed by atoms with E-state index in [4.69, 9.17) is 4.74 Å². The fourth-order valence-electron chi connectivity index (χ4n) is 1.88. The molecule has 126 valence electrons. The van der Waals surface area contributed by atoms with Gasteiger partial charge in [-0.15, -0.1) is 23.5 Å². The number of rotatable bonds is 9. The molecule has 0 aliphatic carbocycles. The number of pyridine rings is 1. The van der Waals surface area contributed by atoms with Gasteiger partial charge in [-0.2, -0.15) is 4.57 Å². The van der Waals surface area contributed by atoms with Crippen LogP contribution in [0.3, 0.4) is 0 Å². The quantitative estimate of drug-likeness (QED) is 0.294. The van der Waals surface area contributed by atoms with Gasteiger partial charge in [0, 0.05) is 12.1 Å². The zero-order valence-electron chi connectivity index (χ0n) is 14.1. The molecular weight excluding hydrogens is 330 g/mol. The zero-order chi connectivity index (χ0) is 17.2. The Morgan fingerprint density at radius 2 is 1.65 bits per heavy atom. The molecule has 0 spiro atoms. The molecule has 23 heavy (non-hydrogen) atoms. The number of carbonyl (C=O) groups is 2. The van der Waals surface area contributed by atoms with Crippen molar-refractivity contribution in [3.05, 3.63) is 34.3 Å². The van der Waals surface area contributed by atoms with Crippen LogP contribution in [0.5, 0.6) is 0 Å². The van der Waals surface area contributed by atoms with Crippen molar-refractivity contribution in [1.82, 2.24) is 0 Å². The first-order chi connectivity index (χ1) is 11.0. The third-order valence-corrected chi connectivity index (χ3v) is 5.07. The number of aryl methyl sites for hydroxylation is 1. The van der Waals surface area contributed by atoms with E-state index in [-0.39, 0.29) is 18.8 Å². The molecule has 0 aliphatic rings. The minimum Gasteiger partial charge on any atom is -0.466 e. The van der Waals surface area contributed by atoms with Gasteiger partial charge in [0.05, 0.1) is 6.61 Å². The summed E-state index contributed by atoms with van der Waals surface area (Å²) in [5, 5.41) is 0. The fourth-order valence-corrected chi connectivity index (χ4v) is 4.16. The Balaban J connectivity index is 3.23. The highest BCUT2D eigenvalue weighted by Crippen LogP contribution is 2.32. The molecule has 0 fully saturated rings. The van der Waals surface area contributed by atoms with Crippen LogP contribution in [0.1, 0.15) is 32.8 Å². The smallest absolute Gasteiger partial charge is 0.313 e. The Morgan fingerprint density at radius 1 is 1.09 bits per heavy atom. The van der Waals surface area contributed by atoms with E-state index in [2.05, 4.69) is 0 Å². The number of carbonyl (C=O) groups excluding carboxylic acids is 2. The lowest BCUT2D eigenvalue weighted by Gasteiger charge is -2.08. The van der Waals surface area contributed by atoms with Crippen molar-refractivity contribution >= 4 is 41.0 Å². The van der Waals surface area contributed by atoms with Crippen LogP contribution in [0.15, 0.2) is 28.8 Å². The molecule has 1 rings (SSSR count). The number of Topliss-reactive ketones (excluding diaryl/α,β-unsaturated/α-hetero) is 1. The third-order valence-electron chi connectivity index (χ3n) is 2.87. The molecule has 0 saturated heterocycles. The summed E-state index contributed by atoms with van der Waals surface area (Å²) in [6.45, 7) is 8.11. The molecule has 1 heterocycles. The maximum absolute atomic E-state index is 12.7. The Bertz CT molecular complexity index is 560. The highest BCUT2D eigenvalue weighted by atomic mass is 32.2. The predicted molar refractivity (Wildman–Crippen MR) is 97.1 cm³/mol. The molecule has 1 aromatic rings. The summed E-state index contributed by atoms with van der Waals surface area (Å²) in [6.07, 6.45) is 3.49. The number of ether oxygens (including phenoxy) is 1. The number of hydrogen-bond acceptors (Lipinski definition) is 5. The Labute approximate surface area is 146 Å². The van der Waals surface area contributed by atoms with Crippen molar-refractivity contribution in [1.29, 1.82) is 0 Å². The maximum atomic E-state index is 12.7. The summed E-state index contributed by atoms with van der Waals surface area (Å²) in [5.41, 5.74) is 1.67. The van der Waals surface area contributed by atoms with Gasteiger partial charge in [-0.25, -0.2) is 0 Å². The summed E-state index contributed by atoms with van der Waals surface area (Å²) in [5.74, 6) is 1.04. The number of hydrogen-bond donors (Lipinski definition) is 0. The molecule has 6 heteroatoms. The van der Waals surface area contributed by atoms with E-state index in [1.807, 2.05) is 45.3 Å². The van der Waals surface area contributed by atoms with Gasteiger partial charge in [-0.3, -0.25) is 9.59 Å². The first kappa shape index (κ1) is 19.8. The molecule has 0 N–H and O–H groups in total. The Morgan fingerprint density at radius 3 is 2.13 bits per heavy atom. The van der Waals surface area contributed by atoms with Gasteiger partial charge in [0.15, 0.2) is 12.4 Å². The molecule has 4 nitrogen and oxygen atoms in total. The van der Waals surface area contributed by atoms with E-state index >= 15 is 0 Å². The van der Waals surface area contributed by atoms with Gasteiger partial charge < -0.3 is 4.74 Å². The largest absolute Gasteiger partial charge is 0.466 e. The zero-order valence-corrected chi connectivity index (χ0v) is 15.8. The van der Waals surface area contributed by atoms with Crippen LogP contribution in [0.4, 0.5) is 0 Å². The Hall–Kier alpha value is -1.27. The molecular formula is C17H24NO3S2+. The predicted octanol–water partition coefficient (Wildman–Crippen LogP) is 3.44. The average molecular weight is 355 g/mol. The lowest BCUT2D eigenvalue weighted by molar-refractivity contribution is -0.577. The Kier molecular flexibility index (Phi) is 9.02. The van der Waals surface area contributed by atoms with Crippen LogP contribution in [0.2, 0.25) is 0 Å². The van der Waals surface area contributed by atoms with E-state index < -0.39 is 5.97 Å². The molecule has 1 aromatic heterocycles. The number of ketones is 1. The summed E-state index contributed by atoms with van der Waals surface area (Å²) < 4.78 is 7.66. The molecule has 0 bridgehead atoms. The first-order valence-electron chi connectivity index (χ1n) is 7.70. The normalized spacial score (nSPS) is 10.3. The topological polar surface area (TPSA) is 47.3 Å². The highest BCUT2D eigenvalue weighted by molar-refractivity contribution is 8.22. The minimum absolute atomic E-state index is 0.214. The van der Waals surface area contributed by atoms with Gasteiger partial charge >= 0.3 is 5.97 Å². The molecule has 0 saturated carbocycles. The van der Waals surface area contributed by atoms with Crippen LogP contribution >= 0.6 is 23.5 Å². The van der Waals surface area contributed by atoms with Gasteiger partial charge in [-0.05, 0) is 30.9 Å². The molecule has 0 amide bonds. The van der Waals surface area contributed by atoms with Crippen molar-refractivity contribution in [3.8, 4) is 0 Å². The van der Waals surface area contributed by atoms with Gasteiger partial charge in [-0.1, -0.05) is 13.8 Å². The lowest BCUT2D eigenvalue weighted by Crippen LogP contribution is -2.37. The lowest BCUT2D eigenvalue weighted by atomic mass is 10.2. The highest BCUT2D eigenvalue weighted by Gasteiger charge is 2.28. The van der Waals surface area contributed by atoms with Gasteiger partial charge in [0.1, 0.15) is 10.7 Å². The second kappa shape index (κ2) is 10.5. The average Bonchev–Trinajstić information content (AvgIpc) is 2.50. The van der Waals surface area contributed by atoms with Crippen LogP contribution in [-0.2, 0) is 14.3 Å². The standard InChI is InChI=1S/C17H24NO3S2/c1-5-21-15(20)12-14(19)16(17(22-6-2)23-7-3)18-10-8-13(4)9-11-18/h8-11H,5-7,12H2,1-4H3/q+1. The van der Waals surface area contributed by atoms with E-state index in [9.17, 15) is 9.59 Å². The number of thioether (sulfide) groups is 2. The SMILES string of the molecule is CCOC(=O)CC(=O)C(=C(SCC)SCC)[n+]1ccc(C)cc1. The van der Waals surface area contributed by atoms with Crippen molar-refractivity contribution in [2.75, 3.05) is 18.1 Å². The van der Waals surface area contributed by atoms with Crippen molar-refractivity contribution in [3.63, 3.8) is 0 Å². The van der Waals surface area contributed by atoms with Crippen LogP contribution in [0.25, 0.3) is 5.70 Å². The number of allylic oxidation sites excluding steroid dienone is 1. The number of esters is 1. The van der Waals surface area contributed by atoms with Crippen LogP contribution in [0, 0.1) is 6.92 Å². The molecule has 0 radical (unpaired) electrons. The number of nitrogens with zero attached hydrogens (tertiary/aromatic N) is 1. The number of aromatic nitrogens is 1. The monoisotopic (exact) mass is 354 g/mol. The molecule has 0 aromatic carbocycles. The van der Waals surface area contributed by atoms with Crippen molar-refractivity contribution in [2.24, 2.45) is 0 Å². The summed E-state index contributed by atoms with van der Waals surface area (Å²) in [7, 11) is 0. The van der Waals surface area contributed by atoms with E-state index in [1.54, 1.807) is 35.0 Å². The second-order valence-corrected chi connectivity index (χ2v) is 7.50. The van der Waals surface area contributed by atoms with Gasteiger partial charge in [0.25, 0.3) is 5.70 Å². The fraction of sp³-hybridized carbons (Fsp3) is 0.471. The van der Waals surface area contributed by atoms with Crippen LogP contribution in [-0.4, -0.2) is 29.9 Å². The first-order valence-corrected chi connectivity index (χ1v) is 9.67.